The molecule has 0 bridgehead atoms. The Morgan fingerprint density at radius 3 is 2.53 bits per heavy atom. The van der Waals surface area contributed by atoms with Gasteiger partial charge in [0.2, 0.25) is 0 Å². The highest BCUT2D eigenvalue weighted by atomic mass is 32.1. The second kappa shape index (κ2) is 5.38. The number of hydrogen-bond acceptors (Lipinski definition) is 4. The maximum atomic E-state index is 8.95. The van der Waals surface area contributed by atoms with Gasteiger partial charge in [-0.25, -0.2) is 4.98 Å². The quantitative estimate of drug-likeness (QED) is 0.903. The molecule has 90 valence electrons. The highest BCUT2D eigenvalue weighted by Gasteiger charge is 2.07. The van der Waals surface area contributed by atoms with Gasteiger partial charge in [0.25, 0.3) is 0 Å². The van der Waals surface area contributed by atoms with E-state index in [4.69, 9.17) is 5.11 Å². The lowest BCUT2D eigenvalue weighted by molar-refractivity contribution is 0.281. The van der Waals surface area contributed by atoms with Crippen molar-refractivity contribution in [1.29, 1.82) is 0 Å². The highest BCUT2D eigenvalue weighted by molar-refractivity contribution is 7.05. The number of aliphatic hydroxyl groups excluding tert-OH is 1. The van der Waals surface area contributed by atoms with Crippen LogP contribution in [0.1, 0.15) is 36.8 Å². The smallest absolute Gasteiger partial charge is 0.173 e. The van der Waals surface area contributed by atoms with Gasteiger partial charge >= 0.3 is 0 Å². The molecular weight excluding hydrogens is 232 g/mol. The van der Waals surface area contributed by atoms with E-state index in [0.29, 0.717) is 16.7 Å². The summed E-state index contributed by atoms with van der Waals surface area (Å²) in [7, 11) is 0. The fourth-order valence-electron chi connectivity index (χ4n) is 1.63. The third kappa shape index (κ3) is 2.70. The molecule has 1 aromatic carbocycles. The SMILES string of the molecule is CCC(C)c1ccc(-c2nsc(CO)n2)cc1. The van der Waals surface area contributed by atoms with Crippen LogP contribution in [0.3, 0.4) is 0 Å². The van der Waals surface area contributed by atoms with Crippen molar-refractivity contribution in [2.45, 2.75) is 32.8 Å². The van der Waals surface area contributed by atoms with Crippen LogP contribution >= 0.6 is 11.5 Å². The summed E-state index contributed by atoms with van der Waals surface area (Å²) in [4.78, 5) is 4.25. The lowest BCUT2D eigenvalue weighted by Gasteiger charge is -2.08. The summed E-state index contributed by atoms with van der Waals surface area (Å²) in [6.07, 6.45) is 1.14. The highest BCUT2D eigenvalue weighted by Crippen LogP contribution is 2.23. The summed E-state index contributed by atoms with van der Waals surface area (Å²) in [6, 6.07) is 8.35. The van der Waals surface area contributed by atoms with Crippen LogP contribution in [0.25, 0.3) is 11.4 Å². The minimum absolute atomic E-state index is 0.0391. The Bertz CT molecular complexity index is 478. The Hall–Kier alpha value is -1.26. The maximum Gasteiger partial charge on any atom is 0.173 e. The van der Waals surface area contributed by atoms with Gasteiger partial charge in [-0.3, -0.25) is 0 Å². The first-order valence-corrected chi connectivity index (χ1v) is 6.55. The molecule has 0 aliphatic heterocycles. The normalized spacial score (nSPS) is 12.6. The Kier molecular flexibility index (Phi) is 3.86. The molecule has 0 aliphatic carbocycles. The minimum atomic E-state index is -0.0391. The summed E-state index contributed by atoms with van der Waals surface area (Å²) < 4.78 is 4.22. The molecule has 0 fully saturated rings. The average molecular weight is 248 g/mol. The predicted octanol–water partition coefficient (Wildman–Crippen LogP) is 3.21. The third-order valence-corrected chi connectivity index (χ3v) is 3.65. The van der Waals surface area contributed by atoms with Crippen LogP contribution in [0.5, 0.6) is 0 Å². The monoisotopic (exact) mass is 248 g/mol. The van der Waals surface area contributed by atoms with E-state index in [-0.39, 0.29) is 6.61 Å². The lowest BCUT2D eigenvalue weighted by atomic mass is 9.97. The fourth-order valence-corrected chi connectivity index (χ4v) is 2.16. The summed E-state index contributed by atoms with van der Waals surface area (Å²) >= 11 is 1.25. The first-order chi connectivity index (χ1) is 8.24. The van der Waals surface area contributed by atoms with Gasteiger partial charge in [0.05, 0.1) is 6.61 Å². The van der Waals surface area contributed by atoms with Gasteiger partial charge in [-0.1, -0.05) is 38.1 Å². The Labute approximate surface area is 105 Å². The first kappa shape index (κ1) is 12.2. The van der Waals surface area contributed by atoms with Crippen LogP contribution < -0.4 is 0 Å². The Morgan fingerprint density at radius 2 is 2.00 bits per heavy atom. The number of aliphatic hydroxyl groups is 1. The van der Waals surface area contributed by atoms with Gasteiger partial charge < -0.3 is 5.11 Å². The van der Waals surface area contributed by atoms with E-state index < -0.39 is 0 Å². The second-order valence-corrected chi connectivity index (χ2v) is 4.94. The van der Waals surface area contributed by atoms with Crippen molar-refractivity contribution in [1.82, 2.24) is 9.36 Å². The molecule has 0 aliphatic rings. The summed E-state index contributed by atoms with van der Waals surface area (Å²) in [5, 5.41) is 9.61. The molecule has 2 aromatic rings. The molecular formula is C13H16N2OS. The first-order valence-electron chi connectivity index (χ1n) is 5.78. The van der Waals surface area contributed by atoms with Crippen LogP contribution in [-0.2, 0) is 6.61 Å². The zero-order valence-electron chi connectivity index (χ0n) is 10.1. The molecule has 0 saturated heterocycles. The van der Waals surface area contributed by atoms with Crippen molar-refractivity contribution in [3.8, 4) is 11.4 Å². The van der Waals surface area contributed by atoms with E-state index in [2.05, 4.69) is 35.3 Å². The van der Waals surface area contributed by atoms with Crippen LogP contribution in [-0.4, -0.2) is 14.5 Å². The average Bonchev–Trinajstić information content (AvgIpc) is 2.87. The van der Waals surface area contributed by atoms with Crippen molar-refractivity contribution in [3.63, 3.8) is 0 Å². The number of aromatic nitrogens is 2. The van der Waals surface area contributed by atoms with Crippen molar-refractivity contribution < 1.29 is 5.11 Å². The number of nitrogens with zero attached hydrogens (tertiary/aromatic N) is 2. The molecule has 1 unspecified atom stereocenters. The molecule has 0 spiro atoms. The van der Waals surface area contributed by atoms with Gasteiger partial charge in [-0.05, 0) is 29.4 Å². The topological polar surface area (TPSA) is 46.0 Å². The zero-order valence-corrected chi connectivity index (χ0v) is 10.9. The molecule has 1 N–H and O–H groups in total. The molecule has 0 amide bonds. The van der Waals surface area contributed by atoms with Crippen LogP contribution in [0.2, 0.25) is 0 Å². The van der Waals surface area contributed by atoms with E-state index in [0.717, 1.165) is 12.0 Å². The Morgan fingerprint density at radius 1 is 1.29 bits per heavy atom. The van der Waals surface area contributed by atoms with E-state index in [1.54, 1.807) is 0 Å². The van der Waals surface area contributed by atoms with E-state index >= 15 is 0 Å². The van der Waals surface area contributed by atoms with Crippen molar-refractivity contribution in [3.05, 3.63) is 34.8 Å². The zero-order chi connectivity index (χ0) is 12.3. The van der Waals surface area contributed by atoms with Gasteiger partial charge in [0, 0.05) is 5.56 Å². The summed E-state index contributed by atoms with van der Waals surface area (Å²) in [5.41, 5.74) is 2.35. The summed E-state index contributed by atoms with van der Waals surface area (Å²) in [6.45, 7) is 4.37. The van der Waals surface area contributed by atoms with Crippen LogP contribution in [0.4, 0.5) is 0 Å². The predicted molar refractivity (Wildman–Crippen MR) is 70.0 cm³/mol. The molecule has 0 saturated carbocycles. The largest absolute Gasteiger partial charge is 0.389 e. The van der Waals surface area contributed by atoms with Gasteiger partial charge in [0.15, 0.2) is 5.82 Å². The molecule has 2 rings (SSSR count). The molecule has 3 nitrogen and oxygen atoms in total. The minimum Gasteiger partial charge on any atom is -0.389 e. The molecule has 17 heavy (non-hydrogen) atoms. The molecule has 1 aromatic heterocycles. The summed E-state index contributed by atoms with van der Waals surface area (Å²) in [5.74, 6) is 1.29. The van der Waals surface area contributed by atoms with E-state index in [9.17, 15) is 0 Å². The van der Waals surface area contributed by atoms with Crippen LogP contribution in [0, 0.1) is 0 Å². The second-order valence-electron chi connectivity index (χ2n) is 4.10. The fraction of sp³-hybridized carbons (Fsp3) is 0.385. The maximum absolute atomic E-state index is 8.95. The van der Waals surface area contributed by atoms with Gasteiger partial charge in [-0.2, -0.15) is 4.37 Å². The van der Waals surface area contributed by atoms with Crippen LogP contribution in [0.15, 0.2) is 24.3 Å². The van der Waals surface area contributed by atoms with Crippen molar-refractivity contribution in [2.24, 2.45) is 0 Å². The van der Waals surface area contributed by atoms with E-state index in [1.165, 1.54) is 17.1 Å². The number of hydrogen-bond donors (Lipinski definition) is 1. The third-order valence-electron chi connectivity index (χ3n) is 2.95. The molecule has 1 atom stereocenters. The van der Waals surface area contributed by atoms with Gasteiger partial charge in [-0.15, -0.1) is 0 Å². The van der Waals surface area contributed by atoms with E-state index in [1.807, 2.05) is 12.1 Å². The number of benzene rings is 1. The molecule has 4 heteroatoms. The lowest BCUT2D eigenvalue weighted by Crippen LogP contribution is -1.91. The molecule has 1 heterocycles. The molecule has 0 radical (unpaired) electrons. The Balaban J connectivity index is 2.22. The van der Waals surface area contributed by atoms with Crippen molar-refractivity contribution in [2.75, 3.05) is 0 Å². The number of rotatable bonds is 4. The van der Waals surface area contributed by atoms with Crippen molar-refractivity contribution >= 4 is 11.5 Å². The standard InChI is InChI=1S/C13H16N2OS/c1-3-9(2)10-4-6-11(7-5-10)13-14-12(8-16)17-15-13/h4-7,9,16H,3,8H2,1-2H3. The van der Waals surface area contributed by atoms with Gasteiger partial charge in [0.1, 0.15) is 5.01 Å².